The highest BCUT2D eigenvalue weighted by atomic mass is 18.2. The van der Waals surface area contributed by atoms with Crippen molar-refractivity contribution >= 4 is 5.97 Å². The summed E-state index contributed by atoms with van der Waals surface area (Å²) >= 11 is 0. The molecule has 0 amide bonds. The smallest absolute Gasteiger partial charge is 0.304 e. The molecule has 0 saturated carbocycles. The third-order valence-electron chi connectivity index (χ3n) is 1.18. The maximum Gasteiger partial charge on any atom is 0.304 e. The molecule has 0 fully saturated rings. The number of carbonyl (C=O) groups is 1. The van der Waals surface area contributed by atoms with Gasteiger partial charge < -0.3 is 10.8 Å². The molecule has 0 aliphatic carbocycles. The molecule has 0 aromatic carbocycles. The summed E-state index contributed by atoms with van der Waals surface area (Å²) in [6.45, 7) is 2.77. The predicted octanol–water partition coefficient (Wildman–Crippen LogP) is 0.927. The maximum atomic E-state index is 12.8. The van der Waals surface area contributed by atoms with Crippen LogP contribution in [0.2, 0.25) is 0 Å². The van der Waals surface area contributed by atoms with Crippen LogP contribution in [0.5, 0.6) is 0 Å². The number of hydrogen-bond donors (Lipinski definition) is 2. The third-order valence-corrected chi connectivity index (χ3v) is 1.18. The van der Waals surface area contributed by atoms with Gasteiger partial charge in [0, 0.05) is 6.04 Å². The van der Waals surface area contributed by atoms with Crippen molar-refractivity contribution < 1.29 is 14.3 Å². The summed E-state index contributed by atoms with van der Waals surface area (Å²) in [4.78, 5) is 10.1. The molecule has 1 atom stereocenters. The first-order chi connectivity index (χ1) is 4.81. The Bertz CT molecular complexity index is 142. The normalized spacial score (nSPS) is 14.5. The highest BCUT2D eigenvalue weighted by molar-refractivity contribution is 5.67. The van der Waals surface area contributed by atoms with Gasteiger partial charge in [-0.3, -0.25) is 4.79 Å². The molecule has 11 heavy (non-hydrogen) atoms. The van der Waals surface area contributed by atoms with E-state index in [1.54, 1.807) is 0 Å². The van der Waals surface area contributed by atoms with Gasteiger partial charge in [0.25, 0.3) is 0 Å². The van der Waals surface area contributed by atoms with Crippen LogP contribution in [0.4, 0.5) is 4.39 Å². The molecule has 0 aromatic rings. The molecule has 66 valence electrons. The second-order valence-electron chi connectivity index (χ2n) is 3.28. The van der Waals surface area contributed by atoms with E-state index in [4.69, 9.17) is 10.8 Å². The molecule has 0 heterocycles. The lowest BCUT2D eigenvalue weighted by Gasteiger charge is -2.17. The number of carboxylic acids is 1. The van der Waals surface area contributed by atoms with E-state index in [1.165, 1.54) is 13.8 Å². The summed E-state index contributed by atoms with van der Waals surface area (Å²) in [6, 6.07) is -0.590. The van der Waals surface area contributed by atoms with Crippen LogP contribution in [-0.2, 0) is 4.79 Å². The lowest BCUT2D eigenvalue weighted by Crippen LogP contribution is -2.31. The minimum absolute atomic E-state index is 0.0826. The first kappa shape index (κ1) is 10.4. The Morgan fingerprint density at radius 2 is 2.18 bits per heavy atom. The Hall–Kier alpha value is -0.640. The average Bonchev–Trinajstić information content (AvgIpc) is 1.53. The zero-order valence-electron chi connectivity index (χ0n) is 6.80. The molecule has 0 unspecified atom stereocenters. The molecule has 0 aliphatic rings. The van der Waals surface area contributed by atoms with Crippen molar-refractivity contribution in [3.8, 4) is 0 Å². The van der Waals surface area contributed by atoms with Gasteiger partial charge in [-0.25, -0.2) is 4.39 Å². The number of nitrogens with two attached hydrogens (primary N) is 1. The Morgan fingerprint density at radius 3 is 2.45 bits per heavy atom. The first-order valence-corrected chi connectivity index (χ1v) is 3.47. The second kappa shape index (κ2) is 3.67. The Balaban J connectivity index is 3.69. The first-order valence-electron chi connectivity index (χ1n) is 3.47. The minimum atomic E-state index is -1.38. The Kier molecular flexibility index (Phi) is 3.45. The molecular weight excluding hydrogens is 148 g/mol. The van der Waals surface area contributed by atoms with Crippen LogP contribution >= 0.6 is 0 Å². The highest BCUT2D eigenvalue weighted by Crippen LogP contribution is 2.16. The van der Waals surface area contributed by atoms with Gasteiger partial charge in [-0.05, 0) is 20.3 Å². The monoisotopic (exact) mass is 162 g/mol. The van der Waals surface area contributed by atoms with Gasteiger partial charge in [0.1, 0.15) is 5.67 Å². The van der Waals surface area contributed by atoms with Crippen molar-refractivity contribution in [1.82, 2.24) is 0 Å². The van der Waals surface area contributed by atoms with Crippen LogP contribution in [-0.4, -0.2) is 22.8 Å². The molecule has 0 bridgehead atoms. The lowest BCUT2D eigenvalue weighted by molar-refractivity contribution is -0.137. The fourth-order valence-corrected chi connectivity index (χ4v) is 0.920. The number of alkyl halides is 1. The Morgan fingerprint density at radius 1 is 1.73 bits per heavy atom. The van der Waals surface area contributed by atoms with Crippen LogP contribution in [0.25, 0.3) is 0 Å². The minimum Gasteiger partial charge on any atom is -0.481 e. The van der Waals surface area contributed by atoms with Gasteiger partial charge >= 0.3 is 5.97 Å². The van der Waals surface area contributed by atoms with Crippen molar-refractivity contribution in [1.29, 1.82) is 0 Å². The number of halogens is 1. The standard InChI is InChI=1S/C7H14FNO2/c1-7(2,8)4-5(9)3-6(10)11/h5H,3-4,9H2,1-2H3,(H,10,11)/t5-/m0/s1/i8-1. The zero-order chi connectivity index (χ0) is 9.07. The van der Waals surface area contributed by atoms with Gasteiger partial charge in [0.2, 0.25) is 0 Å². The van der Waals surface area contributed by atoms with Gasteiger partial charge in [-0.15, -0.1) is 0 Å². The van der Waals surface area contributed by atoms with Gasteiger partial charge in [-0.1, -0.05) is 0 Å². The molecule has 0 saturated heterocycles. The van der Waals surface area contributed by atoms with Crippen LogP contribution in [0.15, 0.2) is 0 Å². The summed E-state index contributed by atoms with van der Waals surface area (Å²) in [5, 5.41) is 8.28. The molecule has 4 heteroatoms. The maximum absolute atomic E-state index is 12.8. The fraction of sp³-hybridized carbons (Fsp3) is 0.857. The fourth-order valence-electron chi connectivity index (χ4n) is 0.920. The predicted molar refractivity (Wildman–Crippen MR) is 40.0 cm³/mol. The summed E-state index contributed by atoms with van der Waals surface area (Å²) < 4.78 is 12.8. The molecule has 3 nitrogen and oxygen atoms in total. The largest absolute Gasteiger partial charge is 0.481 e. The van der Waals surface area contributed by atoms with Crippen LogP contribution in [0.3, 0.4) is 0 Å². The van der Waals surface area contributed by atoms with E-state index in [2.05, 4.69) is 0 Å². The van der Waals surface area contributed by atoms with Crippen LogP contribution in [0, 0.1) is 0 Å². The quantitative estimate of drug-likeness (QED) is 0.646. The van der Waals surface area contributed by atoms with Crippen molar-refractivity contribution in [3.63, 3.8) is 0 Å². The third kappa shape index (κ3) is 7.25. The van der Waals surface area contributed by atoms with E-state index in [-0.39, 0.29) is 12.8 Å². The summed E-state index contributed by atoms with van der Waals surface area (Å²) in [7, 11) is 0. The average molecular weight is 162 g/mol. The van der Waals surface area contributed by atoms with Crippen molar-refractivity contribution in [2.45, 2.75) is 38.4 Å². The molecule has 0 rings (SSSR count). The van der Waals surface area contributed by atoms with Crippen LogP contribution < -0.4 is 5.73 Å². The van der Waals surface area contributed by atoms with E-state index in [9.17, 15) is 9.18 Å². The summed E-state index contributed by atoms with van der Waals surface area (Å²) in [5.74, 6) is -0.984. The molecule has 0 aliphatic heterocycles. The van der Waals surface area contributed by atoms with E-state index in [0.717, 1.165) is 0 Å². The Labute approximate surface area is 65.4 Å². The summed E-state index contributed by atoms with van der Waals surface area (Å²) in [6.07, 6.45) is -0.0906. The number of aliphatic carboxylic acids is 1. The van der Waals surface area contributed by atoms with E-state index in [0.29, 0.717) is 0 Å². The molecule has 0 radical (unpaired) electrons. The molecule has 0 spiro atoms. The van der Waals surface area contributed by atoms with E-state index < -0.39 is 17.7 Å². The van der Waals surface area contributed by atoms with Gasteiger partial charge in [-0.2, -0.15) is 0 Å². The van der Waals surface area contributed by atoms with Crippen molar-refractivity contribution in [2.24, 2.45) is 5.73 Å². The summed E-state index contributed by atoms with van der Waals surface area (Å²) in [5.41, 5.74) is 3.96. The molecule has 0 aromatic heterocycles. The number of hydrogen-bond acceptors (Lipinski definition) is 2. The van der Waals surface area contributed by atoms with E-state index in [1.807, 2.05) is 0 Å². The topological polar surface area (TPSA) is 63.3 Å². The number of carboxylic acid groups (broad SMARTS) is 1. The second-order valence-corrected chi connectivity index (χ2v) is 3.28. The lowest BCUT2D eigenvalue weighted by atomic mass is 9.99. The number of rotatable bonds is 4. The van der Waals surface area contributed by atoms with Crippen molar-refractivity contribution in [3.05, 3.63) is 0 Å². The van der Waals surface area contributed by atoms with Crippen LogP contribution in [0.1, 0.15) is 26.7 Å². The molecule has 3 N–H and O–H groups in total. The van der Waals surface area contributed by atoms with E-state index >= 15 is 0 Å². The SMILES string of the molecule is CC(C)([18F])C[C@@H](N)CC(=O)O. The zero-order valence-corrected chi connectivity index (χ0v) is 6.80. The van der Waals surface area contributed by atoms with Gasteiger partial charge in [0.15, 0.2) is 0 Å². The van der Waals surface area contributed by atoms with Crippen molar-refractivity contribution in [2.75, 3.05) is 0 Å². The van der Waals surface area contributed by atoms with Gasteiger partial charge in [0.05, 0.1) is 6.42 Å². The molecular formula is C7H14FNO2. The highest BCUT2D eigenvalue weighted by Gasteiger charge is 2.21.